The molecule has 1 atom stereocenters. The molecule has 2 aromatic rings. The maximum atomic E-state index is 14.0. The lowest BCUT2D eigenvalue weighted by Crippen LogP contribution is -2.51. The Morgan fingerprint density at radius 1 is 1.24 bits per heavy atom. The van der Waals surface area contributed by atoms with Crippen LogP contribution in [0.4, 0.5) is 26.7 Å². The van der Waals surface area contributed by atoms with Crippen molar-refractivity contribution in [3.8, 4) is 11.3 Å². The fourth-order valence-corrected chi connectivity index (χ4v) is 4.52. The van der Waals surface area contributed by atoms with Crippen LogP contribution in [-0.2, 0) is 6.54 Å². The van der Waals surface area contributed by atoms with Gasteiger partial charge in [-0.25, -0.2) is 26.7 Å². The van der Waals surface area contributed by atoms with Crippen molar-refractivity contribution >= 4 is 23.5 Å². The number of urea groups is 1. The number of primary amides is 1. The minimum Gasteiger partial charge on any atom is -0.365 e. The van der Waals surface area contributed by atoms with Crippen molar-refractivity contribution in [1.82, 2.24) is 20.0 Å². The summed E-state index contributed by atoms with van der Waals surface area (Å²) in [6.45, 7) is -0.693. The molecule has 2 aliphatic rings. The van der Waals surface area contributed by atoms with Gasteiger partial charge in [0.1, 0.15) is 17.6 Å². The van der Waals surface area contributed by atoms with Gasteiger partial charge < -0.3 is 16.0 Å². The number of rotatable bonds is 4. The van der Waals surface area contributed by atoms with E-state index in [9.17, 15) is 31.5 Å². The summed E-state index contributed by atoms with van der Waals surface area (Å²) in [6, 6.07) is 0.694. The van der Waals surface area contributed by atoms with Crippen LogP contribution >= 0.6 is 11.6 Å². The summed E-state index contributed by atoms with van der Waals surface area (Å²) >= 11 is 5.82. The number of amides is 3. The average molecular weight is 506 g/mol. The normalized spacial score (nSPS) is 20.3. The second-order valence-corrected chi connectivity index (χ2v) is 8.88. The van der Waals surface area contributed by atoms with Crippen molar-refractivity contribution in [2.24, 2.45) is 5.73 Å². The molecule has 1 fully saturated rings. The van der Waals surface area contributed by atoms with Crippen molar-refractivity contribution in [3.63, 3.8) is 0 Å². The van der Waals surface area contributed by atoms with E-state index in [0.717, 1.165) is 15.6 Å². The van der Waals surface area contributed by atoms with Gasteiger partial charge in [-0.05, 0) is 31.0 Å². The fourth-order valence-electron chi connectivity index (χ4n) is 4.34. The highest BCUT2D eigenvalue weighted by atomic mass is 35.5. The Kier molecular flexibility index (Phi) is 6.45. The first-order valence-corrected chi connectivity index (χ1v) is 10.9. The molecule has 0 radical (unpaired) electrons. The van der Waals surface area contributed by atoms with Gasteiger partial charge in [-0.1, -0.05) is 11.6 Å². The standard InChI is InChI=1S/C21H21ClF5N5O2/c22-12-7-10(1-2-13(12)23)17-16(19(28)33)14-8-31(9-15(18(24)25)32(14)30-17)20(34)29-11-3-5-21(26,27)6-4-11/h1-2,7,11,15,18H,3-6,8-9H2,(H2,28,33)(H,29,34)/t15-/m1/s1. The second kappa shape index (κ2) is 9.05. The molecule has 34 heavy (non-hydrogen) atoms. The number of fused-ring (bicyclic) bond motifs is 1. The molecular weight excluding hydrogens is 485 g/mol. The molecule has 4 rings (SSSR count). The first-order chi connectivity index (χ1) is 16.0. The van der Waals surface area contributed by atoms with Crippen LogP contribution < -0.4 is 11.1 Å². The smallest absolute Gasteiger partial charge is 0.318 e. The number of nitrogens with zero attached hydrogens (tertiary/aromatic N) is 3. The largest absolute Gasteiger partial charge is 0.365 e. The molecule has 1 aliphatic heterocycles. The van der Waals surface area contributed by atoms with Crippen LogP contribution in [0.3, 0.4) is 0 Å². The molecule has 2 heterocycles. The van der Waals surface area contributed by atoms with E-state index in [0.29, 0.717) is 0 Å². The average Bonchev–Trinajstić information content (AvgIpc) is 3.16. The zero-order valence-corrected chi connectivity index (χ0v) is 18.5. The van der Waals surface area contributed by atoms with Gasteiger partial charge in [0.15, 0.2) is 0 Å². The minimum atomic E-state index is -2.95. The predicted molar refractivity (Wildman–Crippen MR) is 112 cm³/mol. The van der Waals surface area contributed by atoms with Crippen LogP contribution in [0.5, 0.6) is 0 Å². The van der Waals surface area contributed by atoms with Crippen LogP contribution in [0, 0.1) is 5.82 Å². The Hall–Kier alpha value is -2.89. The van der Waals surface area contributed by atoms with Gasteiger partial charge in [0.05, 0.1) is 29.4 Å². The van der Waals surface area contributed by atoms with Crippen molar-refractivity contribution in [1.29, 1.82) is 0 Å². The molecule has 1 saturated carbocycles. The number of nitrogens with one attached hydrogen (secondary N) is 1. The van der Waals surface area contributed by atoms with Crippen LogP contribution in [0.25, 0.3) is 11.3 Å². The van der Waals surface area contributed by atoms with Crippen LogP contribution in [-0.4, -0.2) is 51.6 Å². The molecule has 1 aromatic heterocycles. The van der Waals surface area contributed by atoms with Crippen LogP contribution in [0.2, 0.25) is 5.02 Å². The maximum absolute atomic E-state index is 14.0. The first-order valence-electron chi connectivity index (χ1n) is 10.5. The summed E-state index contributed by atoms with van der Waals surface area (Å²) in [6.07, 6.45) is -3.58. The van der Waals surface area contributed by atoms with Crippen LogP contribution in [0.15, 0.2) is 18.2 Å². The molecular formula is C21H21ClF5N5O2. The third-order valence-corrected chi connectivity index (χ3v) is 6.42. The number of alkyl halides is 4. The van der Waals surface area contributed by atoms with E-state index in [1.165, 1.54) is 12.1 Å². The topological polar surface area (TPSA) is 93.2 Å². The molecule has 3 N–H and O–H groups in total. The van der Waals surface area contributed by atoms with Gasteiger partial charge in [0.2, 0.25) is 5.92 Å². The second-order valence-electron chi connectivity index (χ2n) is 8.47. The number of hydrogen-bond donors (Lipinski definition) is 2. The molecule has 0 bridgehead atoms. The van der Waals surface area contributed by atoms with Crippen molar-refractivity contribution in [2.75, 3.05) is 6.54 Å². The summed E-state index contributed by atoms with van der Waals surface area (Å²) in [4.78, 5) is 26.2. The van der Waals surface area contributed by atoms with Crippen molar-refractivity contribution < 1.29 is 31.5 Å². The van der Waals surface area contributed by atoms with Gasteiger partial charge in [0, 0.05) is 24.4 Å². The summed E-state index contributed by atoms with van der Waals surface area (Å²) in [7, 11) is 0. The molecule has 0 unspecified atom stereocenters. The SMILES string of the molecule is NC(=O)c1c(-c2ccc(F)c(Cl)c2)nn2c1CN(C(=O)NC1CCC(F)(F)CC1)C[C@@H]2C(F)F. The van der Waals surface area contributed by atoms with E-state index in [2.05, 4.69) is 10.4 Å². The quantitative estimate of drug-likeness (QED) is 0.605. The van der Waals surface area contributed by atoms with E-state index in [4.69, 9.17) is 17.3 Å². The van der Waals surface area contributed by atoms with E-state index in [1.54, 1.807) is 0 Å². The molecule has 0 saturated heterocycles. The number of halogens is 6. The molecule has 1 aromatic carbocycles. The number of nitrogens with two attached hydrogens (primary N) is 1. The molecule has 0 spiro atoms. The monoisotopic (exact) mass is 505 g/mol. The Morgan fingerprint density at radius 3 is 2.50 bits per heavy atom. The molecule has 3 amide bonds. The number of carbonyl (C=O) groups is 2. The molecule has 7 nitrogen and oxygen atoms in total. The number of carbonyl (C=O) groups excluding carboxylic acids is 2. The van der Waals surface area contributed by atoms with Crippen molar-refractivity contribution in [3.05, 3.63) is 40.3 Å². The Labute approximate surface area is 196 Å². The fraction of sp³-hybridized carbons (Fsp3) is 0.476. The summed E-state index contributed by atoms with van der Waals surface area (Å²) in [5.74, 6) is -4.47. The van der Waals surface area contributed by atoms with Crippen LogP contribution in [0.1, 0.15) is 47.8 Å². The Balaban J connectivity index is 1.66. The van der Waals surface area contributed by atoms with E-state index in [-0.39, 0.29) is 59.8 Å². The Morgan fingerprint density at radius 2 is 1.91 bits per heavy atom. The highest BCUT2D eigenvalue weighted by molar-refractivity contribution is 6.31. The summed E-state index contributed by atoms with van der Waals surface area (Å²) in [5.41, 5.74) is 5.45. The van der Waals surface area contributed by atoms with Gasteiger partial charge in [-0.2, -0.15) is 5.10 Å². The highest BCUT2D eigenvalue weighted by Crippen LogP contribution is 2.36. The molecule has 1 aliphatic carbocycles. The number of benzene rings is 1. The zero-order valence-electron chi connectivity index (χ0n) is 17.7. The number of hydrogen-bond acceptors (Lipinski definition) is 3. The van der Waals surface area contributed by atoms with E-state index in [1.807, 2.05) is 0 Å². The zero-order chi connectivity index (χ0) is 24.8. The lowest BCUT2D eigenvalue weighted by atomic mass is 9.92. The van der Waals surface area contributed by atoms with Crippen molar-refractivity contribution in [2.45, 2.75) is 56.7 Å². The highest BCUT2D eigenvalue weighted by Gasteiger charge is 2.40. The molecule has 184 valence electrons. The Bertz CT molecular complexity index is 1120. The lowest BCUT2D eigenvalue weighted by molar-refractivity contribution is -0.0400. The predicted octanol–water partition coefficient (Wildman–Crippen LogP) is 4.35. The minimum absolute atomic E-state index is 0.00942. The summed E-state index contributed by atoms with van der Waals surface area (Å²) in [5, 5.41) is 6.51. The van der Waals surface area contributed by atoms with Gasteiger partial charge in [-0.3, -0.25) is 9.48 Å². The maximum Gasteiger partial charge on any atom is 0.318 e. The third-order valence-electron chi connectivity index (χ3n) is 6.13. The van der Waals surface area contributed by atoms with Gasteiger partial charge in [0.25, 0.3) is 12.3 Å². The third kappa shape index (κ3) is 4.68. The molecule has 13 heteroatoms. The number of aromatic nitrogens is 2. The van der Waals surface area contributed by atoms with Gasteiger partial charge >= 0.3 is 6.03 Å². The van der Waals surface area contributed by atoms with E-state index < -0.39 is 48.7 Å². The first kappa shape index (κ1) is 24.2. The van der Waals surface area contributed by atoms with Gasteiger partial charge in [-0.15, -0.1) is 0 Å². The van der Waals surface area contributed by atoms with E-state index >= 15 is 0 Å². The summed E-state index contributed by atoms with van der Waals surface area (Å²) < 4.78 is 69.3. The lowest BCUT2D eigenvalue weighted by Gasteiger charge is -2.36.